The van der Waals surface area contributed by atoms with Crippen LogP contribution in [-0.2, 0) is 4.79 Å². The van der Waals surface area contributed by atoms with Gasteiger partial charge in [0.1, 0.15) is 5.75 Å². The molecule has 0 saturated carbocycles. The van der Waals surface area contributed by atoms with Crippen molar-refractivity contribution in [1.82, 2.24) is 0 Å². The summed E-state index contributed by atoms with van der Waals surface area (Å²) in [6.45, 7) is 1.93. The number of aliphatic hydroxyl groups excluding tert-OH is 1. The van der Waals surface area contributed by atoms with E-state index in [-0.39, 0.29) is 12.4 Å². The molecule has 0 radical (unpaired) electrons. The van der Waals surface area contributed by atoms with Gasteiger partial charge in [0.25, 0.3) is 0 Å². The van der Waals surface area contributed by atoms with Crippen LogP contribution in [0.5, 0.6) is 5.75 Å². The summed E-state index contributed by atoms with van der Waals surface area (Å²) in [4.78, 5) is 10.1. The normalized spacial score (nSPS) is 9.47. The minimum absolute atomic E-state index is 0.169. The molecular formula is C11H14O4. The van der Waals surface area contributed by atoms with E-state index in [9.17, 15) is 4.79 Å². The first-order valence-corrected chi connectivity index (χ1v) is 4.41. The van der Waals surface area contributed by atoms with E-state index in [1.54, 1.807) is 19.1 Å². The number of phenols is 1. The monoisotopic (exact) mass is 210 g/mol. The van der Waals surface area contributed by atoms with Crippen LogP contribution >= 0.6 is 0 Å². The van der Waals surface area contributed by atoms with Crippen LogP contribution in [0.3, 0.4) is 0 Å². The van der Waals surface area contributed by atoms with E-state index in [1.807, 2.05) is 0 Å². The number of aliphatic carboxylic acids is 1. The van der Waals surface area contributed by atoms with Crippen LogP contribution in [0.2, 0.25) is 0 Å². The SMILES string of the molecule is CCO.O=C(O)/C=C/c1ccc(O)cc1. The molecule has 82 valence electrons. The molecule has 0 unspecified atom stereocenters. The summed E-state index contributed by atoms with van der Waals surface area (Å²) in [5, 5.41) is 24.8. The molecule has 0 aliphatic heterocycles. The molecule has 0 spiro atoms. The number of aliphatic hydroxyl groups is 1. The van der Waals surface area contributed by atoms with Crippen molar-refractivity contribution in [3.8, 4) is 5.75 Å². The van der Waals surface area contributed by atoms with Crippen molar-refractivity contribution in [3.05, 3.63) is 35.9 Å². The fraction of sp³-hybridized carbons (Fsp3) is 0.182. The highest BCUT2D eigenvalue weighted by atomic mass is 16.4. The Morgan fingerprint density at radius 2 is 1.80 bits per heavy atom. The molecule has 1 aromatic rings. The predicted molar refractivity (Wildman–Crippen MR) is 57.5 cm³/mol. The molecule has 3 N–H and O–H groups in total. The lowest BCUT2D eigenvalue weighted by molar-refractivity contribution is -0.131. The number of hydrogen-bond acceptors (Lipinski definition) is 3. The molecule has 0 atom stereocenters. The molecule has 0 aliphatic carbocycles. The molecule has 0 aliphatic rings. The minimum Gasteiger partial charge on any atom is -0.508 e. The summed E-state index contributed by atoms with van der Waals surface area (Å²) >= 11 is 0. The Kier molecular flexibility index (Phi) is 6.67. The Morgan fingerprint density at radius 3 is 2.20 bits per heavy atom. The lowest BCUT2D eigenvalue weighted by Gasteiger charge is -1.92. The molecule has 0 amide bonds. The van der Waals surface area contributed by atoms with Crippen molar-refractivity contribution >= 4 is 12.0 Å². The average molecular weight is 210 g/mol. The summed E-state index contributed by atoms with van der Waals surface area (Å²) in [5.74, 6) is -0.814. The molecule has 0 aromatic heterocycles. The second-order valence-electron chi connectivity index (χ2n) is 2.58. The molecule has 4 nitrogen and oxygen atoms in total. The zero-order valence-electron chi connectivity index (χ0n) is 8.42. The Bertz CT molecular complexity index is 314. The van der Waals surface area contributed by atoms with Gasteiger partial charge in [-0.15, -0.1) is 0 Å². The largest absolute Gasteiger partial charge is 0.508 e. The van der Waals surface area contributed by atoms with Crippen LogP contribution in [-0.4, -0.2) is 27.9 Å². The number of benzene rings is 1. The van der Waals surface area contributed by atoms with Gasteiger partial charge in [0.05, 0.1) is 0 Å². The van der Waals surface area contributed by atoms with Crippen molar-refractivity contribution in [2.45, 2.75) is 6.92 Å². The van der Waals surface area contributed by atoms with Crippen LogP contribution in [0.1, 0.15) is 12.5 Å². The maximum atomic E-state index is 10.1. The fourth-order valence-electron chi connectivity index (χ4n) is 0.753. The second kappa shape index (κ2) is 7.58. The van der Waals surface area contributed by atoms with Crippen molar-refractivity contribution in [1.29, 1.82) is 0 Å². The smallest absolute Gasteiger partial charge is 0.328 e. The van der Waals surface area contributed by atoms with Gasteiger partial charge in [0.15, 0.2) is 0 Å². The number of hydrogen-bond donors (Lipinski definition) is 3. The van der Waals surface area contributed by atoms with Gasteiger partial charge in [-0.05, 0) is 30.7 Å². The molecule has 4 heteroatoms. The first kappa shape index (κ1) is 13.2. The number of carboxylic acids is 1. The van der Waals surface area contributed by atoms with E-state index in [4.69, 9.17) is 15.3 Å². The first-order chi connectivity index (χ1) is 7.10. The highest BCUT2D eigenvalue weighted by molar-refractivity contribution is 5.85. The van der Waals surface area contributed by atoms with E-state index in [1.165, 1.54) is 18.2 Å². The molecular weight excluding hydrogens is 196 g/mol. The lowest BCUT2D eigenvalue weighted by atomic mass is 10.2. The number of phenolic OH excluding ortho intramolecular Hbond substituents is 1. The summed E-state index contributed by atoms with van der Waals surface area (Å²) in [6.07, 6.45) is 2.51. The van der Waals surface area contributed by atoms with E-state index < -0.39 is 5.97 Å². The van der Waals surface area contributed by atoms with E-state index >= 15 is 0 Å². The van der Waals surface area contributed by atoms with Crippen LogP contribution in [0.15, 0.2) is 30.3 Å². The minimum atomic E-state index is -0.983. The third kappa shape index (κ3) is 7.28. The van der Waals surface area contributed by atoms with Gasteiger partial charge in [-0.1, -0.05) is 12.1 Å². The van der Waals surface area contributed by atoms with Crippen molar-refractivity contribution in [2.24, 2.45) is 0 Å². The zero-order chi connectivity index (χ0) is 11.7. The number of aromatic hydroxyl groups is 1. The summed E-state index contributed by atoms with van der Waals surface area (Å²) in [7, 11) is 0. The highest BCUT2D eigenvalue weighted by Gasteiger charge is 1.89. The molecule has 15 heavy (non-hydrogen) atoms. The summed E-state index contributed by atoms with van der Waals surface area (Å²) < 4.78 is 0. The van der Waals surface area contributed by atoms with Crippen molar-refractivity contribution in [3.63, 3.8) is 0 Å². The number of rotatable bonds is 2. The van der Waals surface area contributed by atoms with Gasteiger partial charge >= 0.3 is 5.97 Å². The molecule has 1 aromatic carbocycles. The van der Waals surface area contributed by atoms with Crippen molar-refractivity contribution < 1.29 is 20.1 Å². The highest BCUT2D eigenvalue weighted by Crippen LogP contribution is 2.10. The predicted octanol–water partition coefficient (Wildman–Crippen LogP) is 1.49. The molecule has 0 fully saturated rings. The third-order valence-corrected chi connectivity index (χ3v) is 1.31. The molecule has 0 heterocycles. The second-order valence-corrected chi connectivity index (χ2v) is 2.58. The van der Waals surface area contributed by atoms with Gasteiger partial charge in [-0.25, -0.2) is 4.79 Å². The van der Waals surface area contributed by atoms with E-state index in [0.717, 1.165) is 11.6 Å². The van der Waals surface area contributed by atoms with Crippen LogP contribution in [0, 0.1) is 0 Å². The summed E-state index contributed by atoms with van der Waals surface area (Å²) in [5.41, 5.74) is 0.746. The Hall–Kier alpha value is -1.81. The van der Waals surface area contributed by atoms with E-state index in [0.29, 0.717) is 0 Å². The molecule has 1 rings (SSSR count). The van der Waals surface area contributed by atoms with Crippen LogP contribution in [0.25, 0.3) is 6.08 Å². The van der Waals surface area contributed by atoms with Gasteiger partial charge < -0.3 is 15.3 Å². The van der Waals surface area contributed by atoms with Crippen LogP contribution in [0.4, 0.5) is 0 Å². The number of carboxylic acid groups (broad SMARTS) is 1. The Labute approximate surface area is 88.1 Å². The summed E-state index contributed by atoms with van der Waals surface area (Å²) in [6, 6.07) is 6.27. The maximum Gasteiger partial charge on any atom is 0.328 e. The Balaban J connectivity index is 0.000000583. The zero-order valence-corrected chi connectivity index (χ0v) is 8.42. The molecule has 0 bridgehead atoms. The Morgan fingerprint density at radius 1 is 1.33 bits per heavy atom. The van der Waals surface area contributed by atoms with Gasteiger partial charge in [-0.3, -0.25) is 0 Å². The average Bonchev–Trinajstić information content (AvgIpc) is 2.18. The van der Waals surface area contributed by atoms with Gasteiger partial charge in [-0.2, -0.15) is 0 Å². The van der Waals surface area contributed by atoms with Gasteiger partial charge in [0.2, 0.25) is 0 Å². The third-order valence-electron chi connectivity index (χ3n) is 1.31. The van der Waals surface area contributed by atoms with E-state index in [2.05, 4.69) is 0 Å². The number of carbonyl (C=O) groups is 1. The van der Waals surface area contributed by atoms with Crippen LogP contribution < -0.4 is 0 Å². The first-order valence-electron chi connectivity index (χ1n) is 4.41. The lowest BCUT2D eigenvalue weighted by Crippen LogP contribution is -1.85. The maximum absolute atomic E-state index is 10.1. The molecule has 0 saturated heterocycles. The quantitative estimate of drug-likeness (QED) is 0.646. The van der Waals surface area contributed by atoms with Gasteiger partial charge in [0, 0.05) is 12.7 Å². The topological polar surface area (TPSA) is 77.8 Å². The standard InChI is InChI=1S/C9H8O3.C2H6O/c10-8-4-1-7(2-5-8)3-6-9(11)12;1-2-3/h1-6,10H,(H,11,12);3H,2H2,1H3/b6-3+;. The van der Waals surface area contributed by atoms with Crippen molar-refractivity contribution in [2.75, 3.05) is 6.61 Å². The fourth-order valence-corrected chi connectivity index (χ4v) is 0.753.